The molecule has 0 bridgehead atoms. The monoisotopic (exact) mass is 262 g/mol. The molecule has 0 saturated carbocycles. The molecular weight excluding hydrogens is 240 g/mol. The number of aryl methyl sites for hydroxylation is 1. The van der Waals surface area contributed by atoms with Crippen molar-refractivity contribution in [2.45, 2.75) is 31.2 Å². The summed E-state index contributed by atoms with van der Waals surface area (Å²) in [6, 6.07) is 7.04. The smallest absolute Gasteiger partial charge is 0.0634 e. The van der Waals surface area contributed by atoms with E-state index in [0.29, 0.717) is 6.04 Å². The summed E-state index contributed by atoms with van der Waals surface area (Å²) < 4.78 is 0. The lowest BCUT2D eigenvalue weighted by atomic mass is 9.96. The number of thiol groups is 1. The van der Waals surface area contributed by atoms with Crippen LogP contribution in [0.15, 0.2) is 24.8 Å². The largest absolute Gasteiger partial charge is 0.312 e. The fourth-order valence-corrected chi connectivity index (χ4v) is 2.76. The van der Waals surface area contributed by atoms with Gasteiger partial charge in [-0.15, -0.1) is 0 Å². The normalized spacial score (nSPS) is 23.9. The highest BCUT2D eigenvalue weighted by atomic mass is 32.1. The number of nitrogens with one attached hydrogen (secondary N) is 2. The maximum Gasteiger partial charge on any atom is 0.0634 e. The van der Waals surface area contributed by atoms with Gasteiger partial charge in [-0.1, -0.05) is 44.2 Å². The van der Waals surface area contributed by atoms with Crippen LogP contribution in [-0.2, 0) is 6.42 Å². The summed E-state index contributed by atoms with van der Waals surface area (Å²) in [6.45, 7) is 7.99. The highest BCUT2D eigenvalue weighted by Gasteiger charge is 2.19. The number of hydrogen-bond donors (Lipinski definition) is 3. The van der Waals surface area contributed by atoms with Gasteiger partial charge in [-0.25, -0.2) is 0 Å². The van der Waals surface area contributed by atoms with Crippen LogP contribution < -0.4 is 10.6 Å². The third-order valence-corrected chi connectivity index (χ3v) is 3.72. The average molecular weight is 262 g/mol. The van der Waals surface area contributed by atoms with Crippen LogP contribution in [0.3, 0.4) is 0 Å². The molecule has 2 rings (SSSR count). The van der Waals surface area contributed by atoms with Crippen molar-refractivity contribution in [3.63, 3.8) is 0 Å². The summed E-state index contributed by atoms with van der Waals surface area (Å²) >= 11 is 4.49. The zero-order valence-corrected chi connectivity index (χ0v) is 11.8. The van der Waals surface area contributed by atoms with Crippen molar-refractivity contribution < 1.29 is 0 Å². The van der Waals surface area contributed by atoms with Gasteiger partial charge in [0.2, 0.25) is 0 Å². The molecule has 0 radical (unpaired) electrons. The molecule has 0 spiro atoms. The van der Waals surface area contributed by atoms with Gasteiger partial charge in [0.25, 0.3) is 0 Å². The fourth-order valence-electron chi connectivity index (χ4n) is 2.46. The minimum absolute atomic E-state index is 0.234. The lowest BCUT2D eigenvalue weighted by Gasteiger charge is -2.30. The van der Waals surface area contributed by atoms with E-state index in [1.54, 1.807) is 0 Å². The van der Waals surface area contributed by atoms with Crippen molar-refractivity contribution in [3.05, 3.63) is 41.5 Å². The second-order valence-electron chi connectivity index (χ2n) is 4.81. The van der Waals surface area contributed by atoms with Crippen LogP contribution in [0.5, 0.6) is 0 Å². The molecular formula is C15H22N2S. The van der Waals surface area contributed by atoms with E-state index in [4.69, 9.17) is 0 Å². The van der Waals surface area contributed by atoms with Crippen molar-refractivity contribution in [2.24, 2.45) is 0 Å². The molecule has 98 valence electrons. The first-order valence-corrected chi connectivity index (χ1v) is 7.16. The van der Waals surface area contributed by atoms with E-state index < -0.39 is 0 Å². The Morgan fingerprint density at radius 2 is 2.28 bits per heavy atom. The Kier molecular flexibility index (Phi) is 4.87. The van der Waals surface area contributed by atoms with Crippen LogP contribution in [0.1, 0.15) is 36.1 Å². The third-order valence-electron chi connectivity index (χ3n) is 3.39. The van der Waals surface area contributed by atoms with Gasteiger partial charge in [0.05, 0.1) is 5.37 Å². The summed E-state index contributed by atoms with van der Waals surface area (Å²) in [5.74, 6) is 0. The number of rotatable bonds is 4. The van der Waals surface area contributed by atoms with Gasteiger partial charge < -0.3 is 5.32 Å². The van der Waals surface area contributed by atoms with Gasteiger partial charge in [0.1, 0.15) is 0 Å². The molecule has 2 nitrogen and oxygen atoms in total. The minimum atomic E-state index is 0.234. The Bertz CT molecular complexity index is 417. The highest BCUT2D eigenvalue weighted by molar-refractivity contribution is 7.80. The molecule has 0 aliphatic carbocycles. The van der Waals surface area contributed by atoms with Crippen molar-refractivity contribution in [2.75, 3.05) is 13.1 Å². The molecule has 1 aromatic carbocycles. The SMILES string of the molecule is C=Cc1ccc(C2CNCC(S)N2)cc1CCC. The van der Waals surface area contributed by atoms with E-state index in [1.807, 2.05) is 6.08 Å². The molecule has 2 atom stereocenters. The topological polar surface area (TPSA) is 24.1 Å². The average Bonchev–Trinajstić information content (AvgIpc) is 2.39. The van der Waals surface area contributed by atoms with Crippen LogP contribution in [-0.4, -0.2) is 18.5 Å². The molecule has 1 aliphatic rings. The van der Waals surface area contributed by atoms with E-state index in [2.05, 4.69) is 55.0 Å². The minimum Gasteiger partial charge on any atom is -0.312 e. The maximum absolute atomic E-state index is 4.49. The zero-order chi connectivity index (χ0) is 13.0. The molecule has 2 unspecified atom stereocenters. The molecule has 0 aromatic heterocycles. The second-order valence-corrected chi connectivity index (χ2v) is 5.43. The molecule has 2 N–H and O–H groups in total. The summed E-state index contributed by atoms with van der Waals surface area (Å²) in [5.41, 5.74) is 4.00. The summed E-state index contributed by atoms with van der Waals surface area (Å²) in [4.78, 5) is 0. The Balaban J connectivity index is 2.22. The molecule has 1 heterocycles. The molecule has 1 fully saturated rings. The van der Waals surface area contributed by atoms with Crippen LogP contribution >= 0.6 is 12.6 Å². The molecule has 1 aromatic rings. The molecule has 18 heavy (non-hydrogen) atoms. The van der Waals surface area contributed by atoms with Crippen LogP contribution in [0.4, 0.5) is 0 Å². The Labute approximate surface area is 115 Å². The Hall–Kier alpha value is -0.770. The molecule has 3 heteroatoms. The summed E-state index contributed by atoms with van der Waals surface area (Å²) in [5, 5.41) is 7.15. The lowest BCUT2D eigenvalue weighted by Crippen LogP contribution is -2.47. The standard InChI is InChI=1S/C15H22N2S/c1-3-5-12-8-13(7-6-11(12)4-2)14-9-16-10-15(18)17-14/h4,6-8,14-18H,2-3,5,9-10H2,1H3. The Morgan fingerprint density at radius 3 is 2.94 bits per heavy atom. The van der Waals surface area contributed by atoms with Crippen molar-refractivity contribution >= 4 is 18.7 Å². The first-order chi connectivity index (χ1) is 8.74. The predicted octanol–water partition coefficient (Wildman–Crippen LogP) is 2.77. The van der Waals surface area contributed by atoms with Crippen molar-refractivity contribution in [3.8, 4) is 0 Å². The molecule has 1 aliphatic heterocycles. The fraction of sp³-hybridized carbons (Fsp3) is 0.467. The maximum atomic E-state index is 4.49. The van der Waals surface area contributed by atoms with Crippen molar-refractivity contribution in [1.29, 1.82) is 0 Å². The van der Waals surface area contributed by atoms with Crippen molar-refractivity contribution in [1.82, 2.24) is 10.6 Å². The molecule has 0 amide bonds. The lowest BCUT2D eigenvalue weighted by molar-refractivity contribution is 0.410. The van der Waals surface area contributed by atoms with E-state index in [9.17, 15) is 0 Å². The van der Waals surface area contributed by atoms with Crippen LogP contribution in [0, 0.1) is 0 Å². The number of benzene rings is 1. The van der Waals surface area contributed by atoms with Gasteiger partial charge in [-0.05, 0) is 23.1 Å². The first-order valence-electron chi connectivity index (χ1n) is 6.64. The van der Waals surface area contributed by atoms with Gasteiger partial charge in [-0.3, -0.25) is 5.32 Å². The van der Waals surface area contributed by atoms with Gasteiger partial charge in [0.15, 0.2) is 0 Å². The second kappa shape index (κ2) is 6.41. The number of piperazine rings is 1. The van der Waals surface area contributed by atoms with Crippen LogP contribution in [0.2, 0.25) is 0 Å². The van der Waals surface area contributed by atoms with E-state index in [1.165, 1.54) is 16.7 Å². The predicted molar refractivity (Wildman–Crippen MR) is 82.0 cm³/mol. The summed E-state index contributed by atoms with van der Waals surface area (Å²) in [7, 11) is 0. The van der Waals surface area contributed by atoms with E-state index in [-0.39, 0.29) is 5.37 Å². The van der Waals surface area contributed by atoms with Crippen LogP contribution in [0.25, 0.3) is 6.08 Å². The van der Waals surface area contributed by atoms with Gasteiger partial charge >= 0.3 is 0 Å². The summed E-state index contributed by atoms with van der Waals surface area (Å²) in [6.07, 6.45) is 4.22. The first kappa shape index (κ1) is 13.7. The quantitative estimate of drug-likeness (QED) is 0.727. The van der Waals surface area contributed by atoms with E-state index >= 15 is 0 Å². The zero-order valence-electron chi connectivity index (χ0n) is 10.9. The van der Waals surface area contributed by atoms with E-state index in [0.717, 1.165) is 25.9 Å². The van der Waals surface area contributed by atoms with Gasteiger partial charge in [-0.2, -0.15) is 12.6 Å². The van der Waals surface area contributed by atoms with Gasteiger partial charge in [0, 0.05) is 19.1 Å². The highest BCUT2D eigenvalue weighted by Crippen LogP contribution is 2.22. The Morgan fingerprint density at radius 1 is 1.44 bits per heavy atom. The number of hydrogen-bond acceptors (Lipinski definition) is 3. The molecule has 1 saturated heterocycles. The third kappa shape index (κ3) is 3.16.